The van der Waals surface area contributed by atoms with Crippen LogP contribution in [0.15, 0.2) is 6.07 Å². The summed E-state index contributed by atoms with van der Waals surface area (Å²) in [6.07, 6.45) is 5.71. The summed E-state index contributed by atoms with van der Waals surface area (Å²) in [6.45, 7) is 0. The van der Waals surface area contributed by atoms with Gasteiger partial charge < -0.3 is 0 Å². The molecule has 2 heterocycles. The molecule has 5 heteroatoms. The van der Waals surface area contributed by atoms with Crippen molar-refractivity contribution in [2.24, 2.45) is 5.92 Å². The zero-order valence-electron chi connectivity index (χ0n) is 9.97. The number of fused-ring (bicyclic) bond motifs is 1. The van der Waals surface area contributed by atoms with Crippen LogP contribution in [0, 0.1) is 5.92 Å². The quantitative estimate of drug-likeness (QED) is 0.824. The van der Waals surface area contributed by atoms with Crippen molar-refractivity contribution in [3.63, 3.8) is 0 Å². The maximum absolute atomic E-state index is 12.6. The second kappa shape index (κ2) is 3.67. The van der Waals surface area contributed by atoms with Crippen LogP contribution in [0.4, 0.5) is 5.82 Å². The van der Waals surface area contributed by atoms with Gasteiger partial charge in [-0.15, -0.1) is 10.2 Å². The Hall–Kier alpha value is -1.16. The fourth-order valence-electron chi connectivity index (χ4n) is 3.09. The predicted octanol–water partition coefficient (Wildman–Crippen LogP) is 2.52. The Kier molecular flexibility index (Phi) is 2.19. The first-order valence-corrected chi connectivity index (χ1v) is 6.99. The fraction of sp³-hybridized carbons (Fsp3) is 0.615. The van der Waals surface area contributed by atoms with Gasteiger partial charge >= 0.3 is 0 Å². The summed E-state index contributed by atoms with van der Waals surface area (Å²) in [7, 11) is 0. The first-order valence-electron chi connectivity index (χ1n) is 6.62. The van der Waals surface area contributed by atoms with Crippen molar-refractivity contribution in [2.45, 2.75) is 44.1 Å². The second-order valence-electron chi connectivity index (χ2n) is 5.55. The molecule has 2 saturated carbocycles. The van der Waals surface area contributed by atoms with Crippen LogP contribution in [-0.4, -0.2) is 22.1 Å². The summed E-state index contributed by atoms with van der Waals surface area (Å²) in [5.74, 6) is 1.47. The van der Waals surface area contributed by atoms with E-state index in [-0.39, 0.29) is 11.8 Å². The van der Waals surface area contributed by atoms with Crippen LogP contribution in [0.5, 0.6) is 0 Å². The molecule has 18 heavy (non-hydrogen) atoms. The van der Waals surface area contributed by atoms with Crippen molar-refractivity contribution in [2.75, 3.05) is 4.90 Å². The van der Waals surface area contributed by atoms with E-state index in [0.29, 0.717) is 17.1 Å². The second-order valence-corrected chi connectivity index (χ2v) is 5.94. The normalized spacial score (nSPS) is 27.3. The third kappa shape index (κ3) is 1.41. The molecule has 2 fully saturated rings. The highest BCUT2D eigenvalue weighted by molar-refractivity contribution is 6.29. The number of amides is 1. The van der Waals surface area contributed by atoms with Crippen LogP contribution in [0.2, 0.25) is 5.15 Å². The summed E-state index contributed by atoms with van der Waals surface area (Å²) in [5.41, 5.74) is 1.01. The molecule has 3 aliphatic rings. The summed E-state index contributed by atoms with van der Waals surface area (Å²) >= 11 is 5.94. The van der Waals surface area contributed by atoms with Crippen LogP contribution in [0.3, 0.4) is 0 Å². The maximum Gasteiger partial charge on any atom is 0.236 e. The summed E-state index contributed by atoms with van der Waals surface area (Å²) in [4.78, 5) is 14.5. The standard InChI is InChI=1S/C13H14ClN3O/c14-10-6-9-11(7-2-1-3-7)13(18)17(8-4-5-8)12(9)16-15-10/h6-8,11H,1-5H2. The van der Waals surface area contributed by atoms with Crippen LogP contribution >= 0.6 is 11.6 Å². The smallest absolute Gasteiger partial charge is 0.236 e. The zero-order chi connectivity index (χ0) is 12.3. The lowest BCUT2D eigenvalue weighted by Crippen LogP contribution is -2.35. The lowest BCUT2D eigenvalue weighted by molar-refractivity contribution is -0.121. The highest BCUT2D eigenvalue weighted by Crippen LogP contribution is 2.50. The van der Waals surface area contributed by atoms with Crippen molar-refractivity contribution in [1.82, 2.24) is 10.2 Å². The van der Waals surface area contributed by atoms with E-state index in [4.69, 9.17) is 11.6 Å². The first kappa shape index (κ1) is 10.7. The van der Waals surface area contributed by atoms with Crippen molar-refractivity contribution < 1.29 is 4.79 Å². The molecule has 1 unspecified atom stereocenters. The molecular weight excluding hydrogens is 250 g/mol. The Balaban J connectivity index is 1.81. The van der Waals surface area contributed by atoms with Gasteiger partial charge in [-0.3, -0.25) is 9.69 Å². The molecule has 94 valence electrons. The molecule has 4 rings (SSSR count). The van der Waals surface area contributed by atoms with Crippen molar-refractivity contribution in [1.29, 1.82) is 0 Å². The SMILES string of the molecule is O=C1C(C2CCC2)c2cc(Cl)nnc2N1C1CC1. The van der Waals surface area contributed by atoms with Gasteiger partial charge in [0.15, 0.2) is 11.0 Å². The topological polar surface area (TPSA) is 46.1 Å². The molecule has 0 spiro atoms. The molecule has 1 aromatic rings. The molecule has 1 aliphatic heterocycles. The number of hydrogen-bond donors (Lipinski definition) is 0. The Morgan fingerprint density at radius 1 is 1.22 bits per heavy atom. The van der Waals surface area contributed by atoms with Crippen LogP contribution in [0.1, 0.15) is 43.6 Å². The largest absolute Gasteiger partial charge is 0.291 e. The molecule has 0 aromatic carbocycles. The lowest BCUT2D eigenvalue weighted by Gasteiger charge is -2.30. The van der Waals surface area contributed by atoms with Crippen LogP contribution in [-0.2, 0) is 4.79 Å². The number of rotatable bonds is 2. The van der Waals surface area contributed by atoms with E-state index in [1.807, 2.05) is 11.0 Å². The third-order valence-corrected chi connectivity index (χ3v) is 4.56. The number of carbonyl (C=O) groups excluding carboxylic acids is 1. The minimum Gasteiger partial charge on any atom is -0.291 e. The van der Waals surface area contributed by atoms with E-state index < -0.39 is 0 Å². The highest BCUT2D eigenvalue weighted by atomic mass is 35.5. The minimum atomic E-state index is -0.0117. The first-order chi connectivity index (χ1) is 8.75. The molecule has 0 radical (unpaired) electrons. The van der Waals surface area contributed by atoms with E-state index >= 15 is 0 Å². The van der Waals surface area contributed by atoms with Crippen molar-refractivity contribution in [3.05, 3.63) is 16.8 Å². The Morgan fingerprint density at radius 2 is 2.00 bits per heavy atom. The van der Waals surface area contributed by atoms with Gasteiger partial charge in [-0.1, -0.05) is 18.0 Å². The van der Waals surface area contributed by atoms with E-state index in [1.165, 1.54) is 6.42 Å². The molecule has 1 aromatic heterocycles. The minimum absolute atomic E-state index is 0.0117. The number of anilines is 1. The molecule has 0 N–H and O–H groups in total. The number of carbonyl (C=O) groups is 1. The summed E-state index contributed by atoms with van der Waals surface area (Å²) < 4.78 is 0. The van der Waals surface area contributed by atoms with E-state index in [2.05, 4.69) is 10.2 Å². The van der Waals surface area contributed by atoms with Gasteiger partial charge in [0, 0.05) is 11.6 Å². The molecule has 1 amide bonds. The Morgan fingerprint density at radius 3 is 2.61 bits per heavy atom. The molecule has 4 nitrogen and oxygen atoms in total. The molecule has 2 aliphatic carbocycles. The predicted molar refractivity (Wildman–Crippen MR) is 67.6 cm³/mol. The van der Waals surface area contributed by atoms with Crippen molar-refractivity contribution >= 4 is 23.3 Å². The monoisotopic (exact) mass is 263 g/mol. The van der Waals surface area contributed by atoms with Gasteiger partial charge in [0.25, 0.3) is 0 Å². The summed E-state index contributed by atoms with van der Waals surface area (Å²) in [5, 5.41) is 8.46. The van der Waals surface area contributed by atoms with E-state index in [9.17, 15) is 4.79 Å². The molecule has 0 saturated heterocycles. The van der Waals surface area contributed by atoms with E-state index in [0.717, 1.165) is 37.1 Å². The van der Waals surface area contributed by atoms with Crippen molar-refractivity contribution in [3.8, 4) is 0 Å². The Bertz CT molecular complexity index is 525. The van der Waals surface area contributed by atoms with Gasteiger partial charge in [-0.25, -0.2) is 0 Å². The van der Waals surface area contributed by atoms with Gasteiger partial charge in [0.2, 0.25) is 5.91 Å². The Labute approximate surface area is 110 Å². The fourth-order valence-corrected chi connectivity index (χ4v) is 3.25. The van der Waals surface area contributed by atoms with Gasteiger partial charge in [0.1, 0.15) is 0 Å². The zero-order valence-corrected chi connectivity index (χ0v) is 10.7. The van der Waals surface area contributed by atoms with Crippen LogP contribution in [0.25, 0.3) is 0 Å². The highest BCUT2D eigenvalue weighted by Gasteiger charge is 2.49. The number of nitrogens with zero attached hydrogens (tertiary/aromatic N) is 3. The number of aromatic nitrogens is 2. The van der Waals surface area contributed by atoms with Gasteiger partial charge in [-0.05, 0) is 37.7 Å². The average molecular weight is 264 g/mol. The lowest BCUT2D eigenvalue weighted by atomic mass is 9.74. The van der Waals surface area contributed by atoms with Crippen LogP contribution < -0.4 is 4.90 Å². The third-order valence-electron chi connectivity index (χ3n) is 4.37. The number of halogens is 1. The molecular formula is C13H14ClN3O. The molecule has 0 bridgehead atoms. The average Bonchev–Trinajstić information content (AvgIpc) is 3.06. The number of hydrogen-bond acceptors (Lipinski definition) is 3. The van der Waals surface area contributed by atoms with E-state index in [1.54, 1.807) is 0 Å². The summed E-state index contributed by atoms with van der Waals surface area (Å²) in [6, 6.07) is 2.20. The van der Waals surface area contributed by atoms with Gasteiger partial charge in [-0.2, -0.15) is 0 Å². The molecule has 1 atom stereocenters. The van der Waals surface area contributed by atoms with Gasteiger partial charge in [0.05, 0.1) is 5.92 Å². The maximum atomic E-state index is 12.6.